The molecule has 0 atom stereocenters. The minimum Gasteiger partial charge on any atom is -0.488 e. The molecule has 1 aromatic carbocycles. The normalized spacial score (nSPS) is 10.2. The summed E-state index contributed by atoms with van der Waals surface area (Å²) in [6, 6.07) is 8.01. The topological polar surface area (TPSA) is 31.4 Å². The molecular formula is C13H11BrFNO2. The molecule has 0 bridgehead atoms. The van der Waals surface area contributed by atoms with Crippen molar-refractivity contribution in [2.45, 2.75) is 6.92 Å². The van der Waals surface area contributed by atoms with E-state index in [2.05, 4.69) is 20.9 Å². The van der Waals surface area contributed by atoms with Gasteiger partial charge in [0, 0.05) is 12.3 Å². The number of aromatic nitrogens is 1. The predicted octanol–water partition coefficient (Wildman–Crippen LogP) is 4.17. The molecule has 0 saturated heterocycles. The van der Waals surface area contributed by atoms with Crippen LogP contribution < -0.4 is 9.47 Å². The zero-order valence-electron chi connectivity index (χ0n) is 9.69. The molecule has 2 rings (SSSR count). The highest BCUT2D eigenvalue weighted by Gasteiger charge is 2.08. The van der Waals surface area contributed by atoms with Gasteiger partial charge in [0.15, 0.2) is 5.75 Å². The van der Waals surface area contributed by atoms with Crippen molar-refractivity contribution < 1.29 is 13.9 Å². The number of ether oxygens (including phenoxy) is 2. The first-order valence-electron chi connectivity index (χ1n) is 5.41. The minimum atomic E-state index is -0.388. The van der Waals surface area contributed by atoms with Gasteiger partial charge in [-0.2, -0.15) is 0 Å². The molecule has 0 aliphatic heterocycles. The van der Waals surface area contributed by atoms with Gasteiger partial charge in [-0.15, -0.1) is 0 Å². The molecule has 0 N–H and O–H groups in total. The largest absolute Gasteiger partial charge is 0.488 e. The Morgan fingerprint density at radius 3 is 2.89 bits per heavy atom. The van der Waals surface area contributed by atoms with Crippen molar-refractivity contribution in [3.63, 3.8) is 0 Å². The summed E-state index contributed by atoms with van der Waals surface area (Å²) in [5.41, 5.74) is 0. The molecule has 0 saturated carbocycles. The molecule has 94 valence electrons. The molecule has 0 aliphatic rings. The Morgan fingerprint density at radius 2 is 2.17 bits per heavy atom. The number of pyridine rings is 1. The summed E-state index contributed by atoms with van der Waals surface area (Å²) in [6.07, 6.45) is 1.59. The average molecular weight is 312 g/mol. The zero-order chi connectivity index (χ0) is 13.0. The van der Waals surface area contributed by atoms with E-state index in [9.17, 15) is 4.39 Å². The van der Waals surface area contributed by atoms with Crippen LogP contribution in [0.25, 0.3) is 0 Å². The molecule has 1 heterocycles. The fourth-order valence-electron chi connectivity index (χ4n) is 1.37. The molecule has 0 radical (unpaired) electrons. The van der Waals surface area contributed by atoms with Crippen molar-refractivity contribution in [3.8, 4) is 17.4 Å². The van der Waals surface area contributed by atoms with E-state index in [1.807, 2.05) is 6.92 Å². The predicted molar refractivity (Wildman–Crippen MR) is 69.6 cm³/mol. The fourth-order valence-corrected chi connectivity index (χ4v) is 1.62. The molecule has 2 aromatic rings. The Labute approximate surface area is 113 Å². The average Bonchev–Trinajstić information content (AvgIpc) is 2.37. The molecule has 0 amide bonds. The highest BCUT2D eigenvalue weighted by molar-refractivity contribution is 9.10. The second-order valence-electron chi connectivity index (χ2n) is 3.42. The van der Waals surface area contributed by atoms with Gasteiger partial charge in [-0.05, 0) is 47.1 Å². The van der Waals surface area contributed by atoms with Gasteiger partial charge < -0.3 is 9.47 Å². The Bertz CT molecular complexity index is 548. The van der Waals surface area contributed by atoms with Crippen LogP contribution in [-0.4, -0.2) is 11.6 Å². The van der Waals surface area contributed by atoms with E-state index in [0.717, 1.165) is 0 Å². The summed E-state index contributed by atoms with van der Waals surface area (Å²) in [5, 5.41) is 0. The number of benzene rings is 1. The third-order valence-electron chi connectivity index (χ3n) is 2.14. The first-order chi connectivity index (χ1) is 8.70. The second kappa shape index (κ2) is 5.82. The third-order valence-corrected chi connectivity index (χ3v) is 2.78. The lowest BCUT2D eigenvalue weighted by Crippen LogP contribution is -1.96. The van der Waals surface area contributed by atoms with E-state index >= 15 is 0 Å². The van der Waals surface area contributed by atoms with Crippen molar-refractivity contribution in [2.24, 2.45) is 0 Å². The lowest BCUT2D eigenvalue weighted by molar-refractivity contribution is 0.316. The Kier molecular flexibility index (Phi) is 4.15. The SMILES string of the molecule is CCOc1cccnc1Oc1ccc(Br)c(F)c1. The molecule has 0 unspecified atom stereocenters. The maximum atomic E-state index is 13.4. The molecule has 5 heteroatoms. The van der Waals surface area contributed by atoms with Gasteiger partial charge in [0.05, 0.1) is 11.1 Å². The summed E-state index contributed by atoms with van der Waals surface area (Å²) in [6.45, 7) is 2.38. The van der Waals surface area contributed by atoms with Crippen molar-refractivity contribution in [1.82, 2.24) is 4.98 Å². The number of halogens is 2. The van der Waals surface area contributed by atoms with Gasteiger partial charge in [0.25, 0.3) is 5.88 Å². The van der Waals surface area contributed by atoms with Crippen LogP contribution in [0.5, 0.6) is 17.4 Å². The summed E-state index contributed by atoms with van der Waals surface area (Å²) in [7, 11) is 0. The number of hydrogen-bond acceptors (Lipinski definition) is 3. The Morgan fingerprint density at radius 1 is 1.33 bits per heavy atom. The molecule has 0 aliphatic carbocycles. The zero-order valence-corrected chi connectivity index (χ0v) is 11.3. The van der Waals surface area contributed by atoms with Crippen LogP contribution in [0.3, 0.4) is 0 Å². The van der Waals surface area contributed by atoms with Crippen molar-refractivity contribution in [2.75, 3.05) is 6.61 Å². The van der Waals surface area contributed by atoms with E-state index in [-0.39, 0.29) is 5.82 Å². The van der Waals surface area contributed by atoms with Crippen molar-refractivity contribution >= 4 is 15.9 Å². The van der Waals surface area contributed by atoms with Gasteiger partial charge in [0.1, 0.15) is 11.6 Å². The summed E-state index contributed by atoms with van der Waals surface area (Å²) in [4.78, 5) is 4.06. The highest BCUT2D eigenvalue weighted by atomic mass is 79.9. The van der Waals surface area contributed by atoms with Crippen LogP contribution in [0, 0.1) is 5.82 Å². The van der Waals surface area contributed by atoms with E-state index in [1.165, 1.54) is 6.07 Å². The van der Waals surface area contributed by atoms with E-state index < -0.39 is 0 Å². The van der Waals surface area contributed by atoms with Crippen LogP contribution in [0.1, 0.15) is 6.92 Å². The van der Waals surface area contributed by atoms with E-state index in [1.54, 1.807) is 30.5 Å². The number of nitrogens with zero attached hydrogens (tertiary/aromatic N) is 1. The number of rotatable bonds is 4. The Hall–Kier alpha value is -1.62. The first kappa shape index (κ1) is 12.8. The lowest BCUT2D eigenvalue weighted by atomic mass is 10.3. The molecule has 1 aromatic heterocycles. The molecular weight excluding hydrogens is 301 g/mol. The monoisotopic (exact) mass is 311 g/mol. The van der Waals surface area contributed by atoms with Crippen LogP contribution >= 0.6 is 15.9 Å². The van der Waals surface area contributed by atoms with Gasteiger partial charge >= 0.3 is 0 Å². The Balaban J connectivity index is 2.25. The fraction of sp³-hybridized carbons (Fsp3) is 0.154. The van der Waals surface area contributed by atoms with Crippen LogP contribution in [0.2, 0.25) is 0 Å². The first-order valence-corrected chi connectivity index (χ1v) is 6.20. The molecule has 3 nitrogen and oxygen atoms in total. The van der Waals surface area contributed by atoms with Gasteiger partial charge in [-0.3, -0.25) is 0 Å². The van der Waals surface area contributed by atoms with Crippen molar-refractivity contribution in [1.29, 1.82) is 0 Å². The summed E-state index contributed by atoms with van der Waals surface area (Å²) < 4.78 is 24.6. The quantitative estimate of drug-likeness (QED) is 0.849. The second-order valence-corrected chi connectivity index (χ2v) is 4.27. The standard InChI is InChI=1S/C13H11BrFNO2/c1-2-17-12-4-3-7-16-13(12)18-9-5-6-10(14)11(15)8-9/h3-8H,2H2,1H3. The van der Waals surface area contributed by atoms with Gasteiger partial charge in [-0.1, -0.05) is 0 Å². The van der Waals surface area contributed by atoms with E-state index in [0.29, 0.717) is 28.5 Å². The summed E-state index contributed by atoms with van der Waals surface area (Å²) >= 11 is 3.08. The van der Waals surface area contributed by atoms with Crippen LogP contribution in [-0.2, 0) is 0 Å². The maximum Gasteiger partial charge on any atom is 0.262 e. The van der Waals surface area contributed by atoms with E-state index in [4.69, 9.17) is 9.47 Å². The minimum absolute atomic E-state index is 0.320. The smallest absolute Gasteiger partial charge is 0.262 e. The lowest BCUT2D eigenvalue weighted by Gasteiger charge is -2.10. The summed E-state index contributed by atoms with van der Waals surface area (Å²) in [5.74, 6) is 0.834. The van der Waals surface area contributed by atoms with Gasteiger partial charge in [0.2, 0.25) is 0 Å². The molecule has 0 fully saturated rings. The third kappa shape index (κ3) is 2.98. The van der Waals surface area contributed by atoms with Crippen LogP contribution in [0.15, 0.2) is 41.0 Å². The molecule has 18 heavy (non-hydrogen) atoms. The number of hydrogen-bond donors (Lipinski definition) is 0. The maximum absolute atomic E-state index is 13.4. The molecule has 0 spiro atoms. The van der Waals surface area contributed by atoms with Crippen molar-refractivity contribution in [3.05, 3.63) is 46.8 Å². The highest BCUT2D eigenvalue weighted by Crippen LogP contribution is 2.30. The van der Waals surface area contributed by atoms with Crippen LogP contribution in [0.4, 0.5) is 4.39 Å². The van der Waals surface area contributed by atoms with Gasteiger partial charge in [-0.25, -0.2) is 9.37 Å².